The molecule has 44 valence electrons. The van der Waals surface area contributed by atoms with Gasteiger partial charge >= 0.3 is 0 Å². The molecule has 0 saturated heterocycles. The lowest BCUT2D eigenvalue weighted by molar-refractivity contribution is 0.945. The molecule has 0 bridgehead atoms. The van der Waals surface area contributed by atoms with E-state index in [1.165, 1.54) is 0 Å². The first-order chi connectivity index (χ1) is 4.47. The van der Waals surface area contributed by atoms with Crippen LogP contribution >= 0.6 is 0 Å². The number of rotatable bonds is 0. The molecule has 4 heteroatoms. The van der Waals surface area contributed by atoms with Gasteiger partial charge in [0.1, 0.15) is 12.7 Å². The van der Waals surface area contributed by atoms with Gasteiger partial charge in [0.15, 0.2) is 0 Å². The fourth-order valence-electron chi connectivity index (χ4n) is 0.689. The van der Waals surface area contributed by atoms with E-state index in [-0.39, 0.29) is 0 Å². The highest BCUT2D eigenvalue weighted by atomic mass is 15.2. The van der Waals surface area contributed by atoms with Crippen LogP contribution in [-0.2, 0) is 0 Å². The second-order valence-electron chi connectivity index (χ2n) is 1.70. The Morgan fingerprint density at radius 3 is 3.00 bits per heavy atom. The summed E-state index contributed by atoms with van der Waals surface area (Å²) in [6.07, 6.45) is 6.69. The Morgan fingerprint density at radius 1 is 1.11 bits per heavy atom. The van der Waals surface area contributed by atoms with E-state index in [1.54, 1.807) is 29.4 Å². The third kappa shape index (κ3) is 0.561. The zero-order valence-electron chi connectivity index (χ0n) is 4.60. The molecule has 0 aliphatic carbocycles. The standard InChI is InChI=1S/C5H4N4/c1-5-2-7-8-4-9(5)3-6-1/h1-4H. The molecule has 0 aliphatic heterocycles. The average Bonchev–Trinajstić information content (AvgIpc) is 2.33. The Morgan fingerprint density at radius 2 is 2.11 bits per heavy atom. The molecule has 4 nitrogen and oxygen atoms in total. The molecular weight excluding hydrogens is 116 g/mol. The van der Waals surface area contributed by atoms with Gasteiger partial charge in [-0.1, -0.05) is 0 Å². The molecule has 2 heterocycles. The first kappa shape index (κ1) is 4.43. The second kappa shape index (κ2) is 1.51. The lowest BCUT2D eigenvalue weighted by Gasteiger charge is -1.84. The maximum absolute atomic E-state index is 3.88. The highest BCUT2D eigenvalue weighted by Crippen LogP contribution is 1.93. The van der Waals surface area contributed by atoms with E-state index >= 15 is 0 Å². The zero-order chi connectivity index (χ0) is 6.10. The summed E-state index contributed by atoms with van der Waals surface area (Å²) in [7, 11) is 0. The normalized spacial score (nSPS) is 10.2. The van der Waals surface area contributed by atoms with Gasteiger partial charge in [0.25, 0.3) is 0 Å². The van der Waals surface area contributed by atoms with Crippen molar-refractivity contribution in [3.63, 3.8) is 0 Å². The molecule has 0 radical (unpaired) electrons. The third-order valence-electron chi connectivity index (χ3n) is 1.13. The molecule has 0 aromatic carbocycles. The summed E-state index contributed by atoms with van der Waals surface area (Å²) in [4.78, 5) is 3.88. The highest BCUT2D eigenvalue weighted by Gasteiger charge is 1.87. The first-order valence-corrected chi connectivity index (χ1v) is 2.55. The number of hydrogen-bond acceptors (Lipinski definition) is 3. The van der Waals surface area contributed by atoms with Crippen molar-refractivity contribution < 1.29 is 0 Å². The van der Waals surface area contributed by atoms with Crippen LogP contribution in [0.4, 0.5) is 0 Å². The van der Waals surface area contributed by atoms with Crippen LogP contribution < -0.4 is 0 Å². The molecule has 2 aromatic heterocycles. The number of imidazole rings is 1. The maximum Gasteiger partial charge on any atom is 0.123 e. The van der Waals surface area contributed by atoms with Gasteiger partial charge in [-0.25, -0.2) is 4.98 Å². The summed E-state index contributed by atoms with van der Waals surface area (Å²) < 4.78 is 1.80. The van der Waals surface area contributed by atoms with Gasteiger partial charge in [0.05, 0.1) is 17.9 Å². The monoisotopic (exact) mass is 120 g/mol. The van der Waals surface area contributed by atoms with E-state index in [2.05, 4.69) is 15.2 Å². The van der Waals surface area contributed by atoms with Crippen molar-refractivity contribution in [2.75, 3.05) is 0 Å². The topological polar surface area (TPSA) is 43.1 Å². The Kier molecular flexibility index (Phi) is 0.745. The summed E-state index contributed by atoms with van der Waals surface area (Å²) in [6.45, 7) is 0. The van der Waals surface area contributed by atoms with Crippen molar-refractivity contribution in [3.8, 4) is 0 Å². The van der Waals surface area contributed by atoms with Gasteiger partial charge in [-0.2, -0.15) is 5.10 Å². The van der Waals surface area contributed by atoms with E-state index in [0.717, 1.165) is 5.52 Å². The fraction of sp³-hybridized carbons (Fsp3) is 0. The van der Waals surface area contributed by atoms with Crippen LogP contribution in [0.3, 0.4) is 0 Å². The van der Waals surface area contributed by atoms with Crippen LogP contribution in [-0.4, -0.2) is 19.6 Å². The molecule has 0 amide bonds. The molecule has 2 rings (SSSR count). The Bertz CT molecular complexity index is 283. The van der Waals surface area contributed by atoms with Gasteiger partial charge < -0.3 is 0 Å². The minimum atomic E-state index is 0.963. The maximum atomic E-state index is 3.88. The van der Waals surface area contributed by atoms with Crippen molar-refractivity contribution in [1.82, 2.24) is 19.6 Å². The van der Waals surface area contributed by atoms with E-state index in [1.807, 2.05) is 0 Å². The first-order valence-electron chi connectivity index (χ1n) is 2.55. The van der Waals surface area contributed by atoms with Crippen LogP contribution in [0.15, 0.2) is 25.0 Å². The zero-order valence-corrected chi connectivity index (χ0v) is 4.60. The molecule has 0 spiro atoms. The average molecular weight is 120 g/mol. The molecule has 0 N–H and O–H groups in total. The fourth-order valence-corrected chi connectivity index (χ4v) is 0.689. The van der Waals surface area contributed by atoms with Crippen molar-refractivity contribution in [2.45, 2.75) is 0 Å². The minimum absolute atomic E-state index is 0.963. The summed E-state index contributed by atoms with van der Waals surface area (Å²) in [5.41, 5.74) is 0.963. The number of aromatic nitrogens is 4. The number of hydrogen-bond donors (Lipinski definition) is 0. The van der Waals surface area contributed by atoms with Gasteiger partial charge in [-0.15, -0.1) is 5.10 Å². The highest BCUT2D eigenvalue weighted by molar-refractivity contribution is 5.39. The van der Waals surface area contributed by atoms with Crippen molar-refractivity contribution in [2.24, 2.45) is 0 Å². The number of fused-ring (bicyclic) bond motifs is 1. The molecule has 0 fully saturated rings. The van der Waals surface area contributed by atoms with Crippen LogP contribution in [0.1, 0.15) is 0 Å². The number of nitrogens with zero attached hydrogens (tertiary/aromatic N) is 4. The van der Waals surface area contributed by atoms with Crippen LogP contribution in [0, 0.1) is 0 Å². The molecule has 0 aliphatic rings. The summed E-state index contributed by atoms with van der Waals surface area (Å²) >= 11 is 0. The Hall–Kier alpha value is -1.45. The molecule has 2 aromatic rings. The summed E-state index contributed by atoms with van der Waals surface area (Å²) in [6, 6.07) is 0. The molecule has 9 heavy (non-hydrogen) atoms. The largest absolute Gasteiger partial charge is 0.287 e. The Labute approximate surface area is 51.2 Å². The quantitative estimate of drug-likeness (QED) is 0.496. The van der Waals surface area contributed by atoms with Gasteiger partial charge in [0.2, 0.25) is 0 Å². The van der Waals surface area contributed by atoms with Crippen LogP contribution in [0.2, 0.25) is 0 Å². The minimum Gasteiger partial charge on any atom is -0.287 e. The van der Waals surface area contributed by atoms with Crippen LogP contribution in [0.5, 0.6) is 0 Å². The van der Waals surface area contributed by atoms with E-state index in [0.29, 0.717) is 0 Å². The lowest BCUT2D eigenvalue weighted by Crippen LogP contribution is -1.85. The summed E-state index contributed by atoms with van der Waals surface area (Å²) in [5, 5.41) is 7.33. The summed E-state index contributed by atoms with van der Waals surface area (Å²) in [5.74, 6) is 0. The van der Waals surface area contributed by atoms with E-state index in [9.17, 15) is 0 Å². The van der Waals surface area contributed by atoms with Crippen molar-refractivity contribution >= 4 is 5.52 Å². The predicted molar refractivity (Wildman–Crippen MR) is 30.8 cm³/mol. The van der Waals surface area contributed by atoms with Gasteiger partial charge in [0, 0.05) is 0 Å². The van der Waals surface area contributed by atoms with Gasteiger partial charge in [-0.3, -0.25) is 4.40 Å². The van der Waals surface area contributed by atoms with E-state index in [4.69, 9.17) is 0 Å². The van der Waals surface area contributed by atoms with Crippen LogP contribution in [0.25, 0.3) is 5.52 Å². The molecule has 0 atom stereocenters. The SMILES string of the molecule is c1ncn2cnncc12. The molecular formula is C5H4N4. The smallest absolute Gasteiger partial charge is 0.123 e. The third-order valence-corrected chi connectivity index (χ3v) is 1.13. The second-order valence-corrected chi connectivity index (χ2v) is 1.70. The van der Waals surface area contributed by atoms with Crippen molar-refractivity contribution in [3.05, 3.63) is 25.0 Å². The lowest BCUT2D eigenvalue weighted by atomic mass is 10.6. The molecule has 0 saturated carbocycles. The molecule has 0 unspecified atom stereocenters. The van der Waals surface area contributed by atoms with E-state index < -0.39 is 0 Å². The Balaban J connectivity index is 2.95. The van der Waals surface area contributed by atoms with Gasteiger partial charge in [-0.05, 0) is 0 Å². The predicted octanol–water partition coefficient (Wildman–Crippen LogP) is 0.124. The van der Waals surface area contributed by atoms with Crippen molar-refractivity contribution in [1.29, 1.82) is 0 Å².